The van der Waals surface area contributed by atoms with Crippen molar-refractivity contribution in [1.82, 2.24) is 0 Å². The Labute approximate surface area is 169 Å². The molecule has 1 spiro atoms. The van der Waals surface area contributed by atoms with E-state index in [1.807, 2.05) is 6.07 Å². The Bertz CT molecular complexity index is 889. The average Bonchev–Trinajstić information content (AvgIpc) is 3.13. The van der Waals surface area contributed by atoms with Crippen LogP contribution < -0.4 is 0 Å². The first kappa shape index (κ1) is 18.8. The molecule has 2 aliphatic carbocycles. The lowest BCUT2D eigenvalue weighted by molar-refractivity contribution is -0.154. The number of carbonyl (C=O) groups is 1. The fourth-order valence-electron chi connectivity index (χ4n) is 6.17. The standard InChI is InChI=1S/C23H32O4Si/c1-19(2,3)28(6,7)27-22-16-12-9-8-11-15(16)20(4)13-10-14-21(5)17(20)23(22,26-22)25-18(21)24/h8-9,11-12,17H,10,13-14H2,1-7H3/t17-,20-,21+,22-,23-/m1/s1. The normalized spacial score (nSPS) is 43.7. The Hall–Kier alpha value is -1.17. The molecule has 0 amide bonds. The molecule has 0 radical (unpaired) electrons. The van der Waals surface area contributed by atoms with E-state index in [2.05, 4.69) is 65.9 Å². The van der Waals surface area contributed by atoms with Gasteiger partial charge in [0, 0.05) is 11.0 Å². The van der Waals surface area contributed by atoms with Crippen LogP contribution in [-0.4, -0.2) is 20.1 Å². The highest BCUT2D eigenvalue weighted by atomic mass is 28.4. The van der Waals surface area contributed by atoms with Crippen LogP contribution in [0.1, 0.15) is 65.0 Å². The highest BCUT2D eigenvalue weighted by Crippen LogP contribution is 2.78. The molecule has 3 fully saturated rings. The molecule has 0 N–H and O–H groups in total. The summed E-state index contributed by atoms with van der Waals surface area (Å²) in [6.07, 6.45) is 2.93. The second kappa shape index (κ2) is 4.93. The Morgan fingerprint density at radius 3 is 2.32 bits per heavy atom. The fraction of sp³-hybridized carbons (Fsp3) is 0.696. The summed E-state index contributed by atoms with van der Waals surface area (Å²) in [5.74, 6) is -2.07. The Morgan fingerprint density at radius 2 is 1.68 bits per heavy atom. The van der Waals surface area contributed by atoms with Crippen LogP contribution in [0.4, 0.5) is 0 Å². The number of hydrogen-bond donors (Lipinski definition) is 0. The summed E-state index contributed by atoms with van der Waals surface area (Å²) in [7, 11) is -2.18. The third-order valence-electron chi connectivity index (χ3n) is 8.57. The summed E-state index contributed by atoms with van der Waals surface area (Å²) in [5, 5.41) is 0.0308. The molecule has 5 atom stereocenters. The van der Waals surface area contributed by atoms with Gasteiger partial charge in [-0.15, -0.1) is 0 Å². The van der Waals surface area contributed by atoms with E-state index >= 15 is 0 Å². The molecule has 1 saturated carbocycles. The van der Waals surface area contributed by atoms with Gasteiger partial charge >= 0.3 is 5.97 Å². The van der Waals surface area contributed by atoms with Crippen LogP contribution in [0.3, 0.4) is 0 Å². The predicted octanol–water partition coefficient (Wildman–Crippen LogP) is 5.22. The maximum atomic E-state index is 13.2. The van der Waals surface area contributed by atoms with Crippen molar-refractivity contribution in [2.24, 2.45) is 11.3 Å². The average molecular weight is 401 g/mol. The largest absolute Gasteiger partial charge is 0.426 e. The minimum atomic E-state index is -2.18. The Kier molecular flexibility index (Phi) is 3.32. The van der Waals surface area contributed by atoms with Crippen LogP contribution in [0.2, 0.25) is 18.1 Å². The number of benzene rings is 1. The van der Waals surface area contributed by atoms with E-state index in [0.29, 0.717) is 0 Å². The van der Waals surface area contributed by atoms with E-state index in [1.54, 1.807) is 0 Å². The van der Waals surface area contributed by atoms with Crippen molar-refractivity contribution in [3.05, 3.63) is 35.4 Å². The van der Waals surface area contributed by atoms with E-state index in [9.17, 15) is 4.79 Å². The van der Waals surface area contributed by atoms with Gasteiger partial charge in [-0.25, -0.2) is 0 Å². The lowest BCUT2D eigenvalue weighted by Gasteiger charge is -2.51. The van der Waals surface area contributed by atoms with Gasteiger partial charge in [0.2, 0.25) is 0 Å². The molecule has 0 aromatic heterocycles. The molecule has 4 nitrogen and oxygen atoms in total. The summed E-state index contributed by atoms with van der Waals surface area (Å²) in [6.45, 7) is 15.6. The van der Waals surface area contributed by atoms with E-state index in [-0.39, 0.29) is 22.3 Å². The molecule has 0 bridgehead atoms. The quantitative estimate of drug-likeness (QED) is 0.388. The third-order valence-corrected chi connectivity index (χ3v) is 13.0. The number of fused-ring (bicyclic) bond motifs is 3. The molecule has 5 heteroatoms. The molecule has 2 aliphatic heterocycles. The second-order valence-electron chi connectivity index (χ2n) is 11.3. The zero-order valence-electron chi connectivity index (χ0n) is 18.1. The van der Waals surface area contributed by atoms with Crippen molar-refractivity contribution in [1.29, 1.82) is 0 Å². The van der Waals surface area contributed by atoms with Gasteiger partial charge in [-0.05, 0) is 43.5 Å². The number of epoxide rings is 1. The molecule has 28 heavy (non-hydrogen) atoms. The van der Waals surface area contributed by atoms with Gasteiger partial charge in [-0.3, -0.25) is 9.53 Å². The zero-order valence-corrected chi connectivity index (χ0v) is 19.1. The van der Waals surface area contributed by atoms with E-state index in [1.165, 1.54) is 5.56 Å². The van der Waals surface area contributed by atoms with Crippen molar-refractivity contribution in [3.63, 3.8) is 0 Å². The third kappa shape index (κ3) is 1.87. The number of ether oxygens (including phenoxy) is 2. The lowest BCUT2D eigenvalue weighted by Crippen LogP contribution is -2.57. The van der Waals surface area contributed by atoms with Crippen molar-refractivity contribution >= 4 is 14.3 Å². The fourth-order valence-corrected chi connectivity index (χ4v) is 7.49. The van der Waals surface area contributed by atoms with Crippen LogP contribution in [0.25, 0.3) is 0 Å². The first-order valence-electron chi connectivity index (χ1n) is 10.6. The van der Waals surface area contributed by atoms with Crippen LogP contribution in [0.5, 0.6) is 0 Å². The molecule has 5 rings (SSSR count). The number of esters is 1. The molecular formula is C23H32O4Si. The van der Waals surface area contributed by atoms with Crippen molar-refractivity contribution in [2.45, 2.75) is 89.0 Å². The van der Waals surface area contributed by atoms with Crippen molar-refractivity contribution < 1.29 is 18.7 Å². The number of hydrogen-bond acceptors (Lipinski definition) is 4. The molecule has 152 valence electrons. The highest BCUT2D eigenvalue weighted by Gasteiger charge is 2.91. The summed E-state index contributed by atoms with van der Waals surface area (Å²) in [6, 6.07) is 8.49. The van der Waals surface area contributed by atoms with Gasteiger partial charge in [0.25, 0.3) is 11.6 Å². The molecule has 2 saturated heterocycles. The molecule has 1 aromatic rings. The van der Waals surface area contributed by atoms with Gasteiger partial charge < -0.3 is 9.16 Å². The Morgan fingerprint density at radius 1 is 1.07 bits per heavy atom. The maximum absolute atomic E-state index is 13.2. The summed E-state index contributed by atoms with van der Waals surface area (Å²) in [5.41, 5.74) is 1.68. The smallest absolute Gasteiger partial charge is 0.315 e. The van der Waals surface area contributed by atoms with Crippen LogP contribution in [-0.2, 0) is 29.9 Å². The topological polar surface area (TPSA) is 48.1 Å². The van der Waals surface area contributed by atoms with Crippen LogP contribution in [0, 0.1) is 11.3 Å². The minimum Gasteiger partial charge on any atom is -0.426 e. The van der Waals surface area contributed by atoms with Crippen molar-refractivity contribution in [3.8, 4) is 0 Å². The van der Waals surface area contributed by atoms with E-state index < -0.39 is 25.3 Å². The SMILES string of the molecule is CC(C)(C)[Si](C)(C)O[C@@]12O[C@@]13OC(=O)[C@@]1(C)CCC[C@](C)(c4ccccc42)[C@@H]31. The minimum absolute atomic E-state index is 0.0200. The molecule has 4 aliphatic rings. The Balaban J connectivity index is 1.75. The number of rotatable bonds is 2. The van der Waals surface area contributed by atoms with Gasteiger partial charge in [-0.2, -0.15) is 0 Å². The van der Waals surface area contributed by atoms with Gasteiger partial charge in [0.1, 0.15) is 0 Å². The summed E-state index contributed by atoms with van der Waals surface area (Å²) < 4.78 is 19.7. The monoisotopic (exact) mass is 400 g/mol. The van der Waals surface area contributed by atoms with Gasteiger partial charge in [0.05, 0.1) is 11.3 Å². The second-order valence-corrected chi connectivity index (χ2v) is 16.0. The van der Waals surface area contributed by atoms with Crippen molar-refractivity contribution in [2.75, 3.05) is 0 Å². The molecule has 1 aromatic carbocycles. The maximum Gasteiger partial charge on any atom is 0.315 e. The predicted molar refractivity (Wildman–Crippen MR) is 109 cm³/mol. The first-order valence-corrected chi connectivity index (χ1v) is 13.5. The highest BCUT2D eigenvalue weighted by molar-refractivity contribution is 6.74. The molecular weight excluding hydrogens is 368 g/mol. The molecule has 2 heterocycles. The van der Waals surface area contributed by atoms with E-state index in [0.717, 1.165) is 24.8 Å². The van der Waals surface area contributed by atoms with E-state index in [4.69, 9.17) is 13.9 Å². The summed E-state index contributed by atoms with van der Waals surface area (Å²) >= 11 is 0. The first-order chi connectivity index (χ1) is 12.8. The number of carbonyl (C=O) groups excluding carboxylic acids is 1. The van der Waals surface area contributed by atoms with Gasteiger partial charge in [0.15, 0.2) is 8.32 Å². The molecule has 0 unspecified atom stereocenters. The van der Waals surface area contributed by atoms with Gasteiger partial charge in [-0.1, -0.05) is 58.4 Å². The van der Waals surface area contributed by atoms with Crippen LogP contribution >= 0.6 is 0 Å². The lowest BCUT2D eigenvalue weighted by atomic mass is 9.49. The zero-order chi connectivity index (χ0) is 20.4. The van der Waals surface area contributed by atoms with Crippen LogP contribution in [0.15, 0.2) is 24.3 Å². The summed E-state index contributed by atoms with van der Waals surface area (Å²) in [4.78, 5) is 13.2.